The summed E-state index contributed by atoms with van der Waals surface area (Å²) < 4.78 is 42.1. The second-order valence-corrected chi connectivity index (χ2v) is 7.27. The van der Waals surface area contributed by atoms with Crippen molar-refractivity contribution < 1.29 is 22.7 Å². The van der Waals surface area contributed by atoms with E-state index >= 15 is 0 Å². The number of carbonyl (C=O) groups is 1. The molecule has 3 heterocycles. The van der Waals surface area contributed by atoms with Crippen LogP contribution in [0.5, 0.6) is 5.75 Å². The monoisotopic (exact) mass is 447 g/mol. The van der Waals surface area contributed by atoms with Crippen LogP contribution in [0.1, 0.15) is 18.4 Å². The van der Waals surface area contributed by atoms with Crippen molar-refractivity contribution in [3.63, 3.8) is 0 Å². The third-order valence-corrected chi connectivity index (χ3v) is 5.03. The first kappa shape index (κ1) is 21.5. The summed E-state index contributed by atoms with van der Waals surface area (Å²) in [6.07, 6.45) is 1.23. The zero-order valence-electron chi connectivity index (χ0n) is 16.9. The minimum Gasteiger partial charge on any atom is -0.406 e. The maximum absolute atomic E-state index is 12.7. The third-order valence-electron chi connectivity index (χ3n) is 5.03. The molecular formula is C20H20F3N7O2. The van der Waals surface area contributed by atoms with Crippen LogP contribution in [0.25, 0.3) is 5.82 Å². The smallest absolute Gasteiger partial charge is 0.406 e. The topological polar surface area (TPSA) is 98.1 Å². The molecule has 12 heteroatoms. The highest BCUT2D eigenvalue weighted by atomic mass is 19.4. The molecule has 9 nitrogen and oxygen atoms in total. The van der Waals surface area contributed by atoms with Crippen molar-refractivity contribution in [3.05, 3.63) is 54.9 Å². The van der Waals surface area contributed by atoms with Gasteiger partial charge in [0.05, 0.1) is 5.92 Å². The summed E-state index contributed by atoms with van der Waals surface area (Å²) in [5, 5.41) is 6.92. The lowest BCUT2D eigenvalue weighted by Gasteiger charge is -2.32. The van der Waals surface area contributed by atoms with Crippen LogP contribution in [0.3, 0.4) is 0 Å². The van der Waals surface area contributed by atoms with Crippen LogP contribution in [0.4, 0.5) is 19.0 Å². The maximum Gasteiger partial charge on any atom is 0.573 e. The van der Waals surface area contributed by atoms with E-state index in [4.69, 9.17) is 0 Å². The molecule has 1 unspecified atom stereocenters. The molecule has 0 spiro atoms. The molecule has 1 aromatic carbocycles. The Hall–Kier alpha value is -3.70. The van der Waals surface area contributed by atoms with E-state index in [1.807, 2.05) is 4.90 Å². The quantitative estimate of drug-likeness (QED) is 0.620. The molecule has 168 valence electrons. The van der Waals surface area contributed by atoms with Crippen LogP contribution in [-0.2, 0) is 11.3 Å². The Morgan fingerprint density at radius 3 is 2.66 bits per heavy atom. The van der Waals surface area contributed by atoms with Crippen molar-refractivity contribution >= 4 is 11.7 Å². The van der Waals surface area contributed by atoms with E-state index in [0.717, 1.165) is 19.4 Å². The minimum absolute atomic E-state index is 0.115. The fourth-order valence-electron chi connectivity index (χ4n) is 3.50. The second kappa shape index (κ2) is 9.20. The Morgan fingerprint density at radius 1 is 1.16 bits per heavy atom. The largest absolute Gasteiger partial charge is 0.573 e. The summed E-state index contributed by atoms with van der Waals surface area (Å²) in [5.74, 6) is 0.628. The van der Waals surface area contributed by atoms with Gasteiger partial charge in [-0.2, -0.15) is 5.10 Å². The first-order valence-corrected chi connectivity index (χ1v) is 9.92. The molecule has 1 aliphatic heterocycles. The number of nitrogens with one attached hydrogen (secondary N) is 1. The normalized spacial score (nSPS) is 16.6. The van der Waals surface area contributed by atoms with Gasteiger partial charge in [-0.05, 0) is 30.5 Å². The van der Waals surface area contributed by atoms with E-state index in [9.17, 15) is 18.0 Å². The van der Waals surface area contributed by atoms with Gasteiger partial charge in [0.1, 0.15) is 30.5 Å². The minimum atomic E-state index is -4.73. The molecule has 0 saturated carbocycles. The van der Waals surface area contributed by atoms with Crippen molar-refractivity contribution in [2.75, 3.05) is 18.0 Å². The highest BCUT2D eigenvalue weighted by Gasteiger charge is 2.31. The zero-order chi connectivity index (χ0) is 22.6. The number of nitrogens with zero attached hydrogens (tertiary/aromatic N) is 6. The SMILES string of the molecule is O=C(NCc1ccc(OC(F)(F)F)cc1)C1CCCN(c2cc(-n3cncn3)ncn2)C1. The number of ether oxygens (including phenoxy) is 1. The number of rotatable bonds is 6. The Kier molecular flexibility index (Phi) is 6.19. The molecule has 0 radical (unpaired) electrons. The molecule has 1 aliphatic rings. The highest BCUT2D eigenvalue weighted by Crippen LogP contribution is 2.24. The van der Waals surface area contributed by atoms with E-state index in [-0.39, 0.29) is 24.1 Å². The Labute approximate surface area is 181 Å². The molecule has 3 aromatic rings. The molecule has 1 atom stereocenters. The summed E-state index contributed by atoms with van der Waals surface area (Å²) >= 11 is 0. The highest BCUT2D eigenvalue weighted by molar-refractivity contribution is 5.79. The van der Waals surface area contributed by atoms with Crippen LogP contribution in [0.2, 0.25) is 0 Å². The van der Waals surface area contributed by atoms with Gasteiger partial charge in [0.2, 0.25) is 5.91 Å². The summed E-state index contributed by atoms with van der Waals surface area (Å²) in [5.41, 5.74) is 0.675. The van der Waals surface area contributed by atoms with E-state index in [0.29, 0.717) is 23.7 Å². The standard InChI is InChI=1S/C20H20F3N7O2/c21-20(22,23)32-16-5-3-14(4-6-16)9-25-19(31)15-2-1-7-29(10-15)17-8-18(27-12-26-17)30-13-24-11-28-30/h3-6,8,11-13,15H,1-2,7,9-10H2,(H,25,31). The van der Waals surface area contributed by atoms with Gasteiger partial charge in [-0.25, -0.2) is 19.6 Å². The molecule has 1 fully saturated rings. The van der Waals surface area contributed by atoms with Crippen LogP contribution >= 0.6 is 0 Å². The van der Waals surface area contributed by atoms with Crippen LogP contribution in [-0.4, -0.2) is 50.1 Å². The lowest BCUT2D eigenvalue weighted by Crippen LogP contribution is -2.43. The molecule has 4 rings (SSSR count). The predicted octanol–water partition coefficient (Wildman–Crippen LogP) is 2.49. The Morgan fingerprint density at radius 2 is 1.94 bits per heavy atom. The van der Waals surface area contributed by atoms with E-state index in [1.54, 1.807) is 12.4 Å². The number of anilines is 1. The number of hydrogen-bond donors (Lipinski definition) is 1. The first-order chi connectivity index (χ1) is 15.4. The van der Waals surface area contributed by atoms with Crippen LogP contribution in [0, 0.1) is 5.92 Å². The lowest BCUT2D eigenvalue weighted by molar-refractivity contribution is -0.274. The van der Waals surface area contributed by atoms with Crippen molar-refractivity contribution in [2.24, 2.45) is 5.92 Å². The predicted molar refractivity (Wildman–Crippen MR) is 107 cm³/mol. The second-order valence-electron chi connectivity index (χ2n) is 7.27. The average Bonchev–Trinajstić information content (AvgIpc) is 3.33. The van der Waals surface area contributed by atoms with E-state index in [1.165, 1.54) is 41.6 Å². The molecule has 1 N–H and O–H groups in total. The van der Waals surface area contributed by atoms with Gasteiger partial charge >= 0.3 is 6.36 Å². The molecular weight excluding hydrogens is 427 g/mol. The fraction of sp³-hybridized carbons (Fsp3) is 0.350. The van der Waals surface area contributed by atoms with Crippen LogP contribution in [0.15, 0.2) is 49.3 Å². The molecule has 0 bridgehead atoms. The van der Waals surface area contributed by atoms with Crippen LogP contribution < -0.4 is 15.0 Å². The average molecular weight is 447 g/mol. The number of hydrogen-bond acceptors (Lipinski definition) is 7. The van der Waals surface area contributed by atoms with Gasteiger partial charge in [-0.15, -0.1) is 13.2 Å². The van der Waals surface area contributed by atoms with Crippen molar-refractivity contribution in [1.29, 1.82) is 0 Å². The number of amides is 1. The lowest BCUT2D eigenvalue weighted by atomic mass is 9.97. The summed E-state index contributed by atoms with van der Waals surface area (Å²) in [7, 11) is 0. The van der Waals surface area contributed by atoms with Gasteiger partial charge in [0.25, 0.3) is 0 Å². The Bertz CT molecular complexity index is 1040. The Balaban J connectivity index is 1.33. The van der Waals surface area contributed by atoms with Gasteiger partial charge in [-0.3, -0.25) is 4.79 Å². The summed E-state index contributed by atoms with van der Waals surface area (Å²) in [6.45, 7) is 1.47. The fourth-order valence-corrected chi connectivity index (χ4v) is 3.50. The number of halogens is 3. The number of alkyl halides is 3. The van der Waals surface area contributed by atoms with Gasteiger partial charge in [-0.1, -0.05) is 12.1 Å². The third kappa shape index (κ3) is 5.50. The van der Waals surface area contributed by atoms with Crippen molar-refractivity contribution in [1.82, 2.24) is 30.0 Å². The molecule has 32 heavy (non-hydrogen) atoms. The zero-order valence-corrected chi connectivity index (χ0v) is 16.9. The van der Waals surface area contributed by atoms with Gasteiger partial charge in [0.15, 0.2) is 5.82 Å². The van der Waals surface area contributed by atoms with E-state index < -0.39 is 6.36 Å². The molecule has 0 aliphatic carbocycles. The number of carbonyl (C=O) groups excluding carboxylic acids is 1. The number of piperidine rings is 1. The molecule has 1 saturated heterocycles. The first-order valence-electron chi connectivity index (χ1n) is 9.92. The van der Waals surface area contributed by atoms with Gasteiger partial charge in [0, 0.05) is 25.7 Å². The molecule has 1 amide bonds. The number of benzene rings is 1. The van der Waals surface area contributed by atoms with E-state index in [2.05, 4.69) is 30.1 Å². The summed E-state index contributed by atoms with van der Waals surface area (Å²) in [6, 6.07) is 7.21. The van der Waals surface area contributed by atoms with Crippen molar-refractivity contribution in [3.8, 4) is 11.6 Å². The number of aromatic nitrogens is 5. The molecule has 2 aromatic heterocycles. The maximum atomic E-state index is 12.7. The van der Waals surface area contributed by atoms with Gasteiger partial charge < -0.3 is 15.0 Å². The van der Waals surface area contributed by atoms with Crippen molar-refractivity contribution in [2.45, 2.75) is 25.7 Å². The summed E-state index contributed by atoms with van der Waals surface area (Å²) in [4.78, 5) is 27.1.